The Hall–Kier alpha value is -3.23. The molecular weight excluding hydrogens is 404 g/mol. The fourth-order valence-corrected chi connectivity index (χ4v) is 4.40. The Bertz CT molecular complexity index is 1200. The van der Waals surface area contributed by atoms with Gasteiger partial charge in [0.25, 0.3) is 10.0 Å². The van der Waals surface area contributed by atoms with Crippen molar-refractivity contribution in [3.63, 3.8) is 0 Å². The van der Waals surface area contributed by atoms with Crippen molar-refractivity contribution in [2.24, 2.45) is 0 Å². The molecule has 0 bridgehead atoms. The Morgan fingerprint density at radius 1 is 0.897 bits per heavy atom. The van der Waals surface area contributed by atoms with E-state index < -0.39 is 10.0 Å². The summed E-state index contributed by atoms with van der Waals surface area (Å²) in [6.07, 6.45) is 1.51. The molecule has 8 heteroatoms. The number of sulfonamides is 1. The largest absolute Gasteiger partial charge is 0.340 e. The lowest BCUT2D eigenvalue weighted by molar-refractivity contribution is 0.601. The molecule has 2 heterocycles. The van der Waals surface area contributed by atoms with E-state index in [4.69, 9.17) is 0 Å². The zero-order valence-corrected chi connectivity index (χ0v) is 17.2. The minimum Gasteiger partial charge on any atom is -0.340 e. The van der Waals surface area contributed by atoms with Gasteiger partial charge in [-0.3, -0.25) is 4.72 Å². The molecule has 0 aliphatic rings. The van der Waals surface area contributed by atoms with Gasteiger partial charge in [0, 0.05) is 28.4 Å². The van der Waals surface area contributed by atoms with Crippen molar-refractivity contribution in [1.82, 2.24) is 9.97 Å². The van der Waals surface area contributed by atoms with Gasteiger partial charge in [0.1, 0.15) is 12.1 Å². The molecule has 0 radical (unpaired) electrons. The molecule has 0 aliphatic heterocycles. The average Bonchev–Trinajstić information content (AvgIpc) is 3.25. The summed E-state index contributed by atoms with van der Waals surface area (Å²) in [5, 5.41) is 7.24. The summed E-state index contributed by atoms with van der Waals surface area (Å²) in [6, 6.07) is 17.6. The summed E-state index contributed by atoms with van der Waals surface area (Å²) in [4.78, 5) is 8.76. The highest BCUT2D eigenvalue weighted by atomic mass is 32.2. The summed E-state index contributed by atoms with van der Waals surface area (Å²) in [7, 11) is -3.62. The highest BCUT2D eigenvalue weighted by Gasteiger charge is 2.13. The second-order valence-electron chi connectivity index (χ2n) is 6.42. The van der Waals surface area contributed by atoms with Crippen LogP contribution in [-0.4, -0.2) is 18.4 Å². The van der Waals surface area contributed by atoms with E-state index in [1.165, 1.54) is 6.33 Å². The fourth-order valence-electron chi connectivity index (χ4n) is 2.69. The van der Waals surface area contributed by atoms with Gasteiger partial charge in [0.05, 0.1) is 10.6 Å². The van der Waals surface area contributed by atoms with Crippen LogP contribution in [0.4, 0.5) is 17.2 Å². The number of anilines is 3. The van der Waals surface area contributed by atoms with Crippen molar-refractivity contribution in [2.75, 3.05) is 10.0 Å². The van der Waals surface area contributed by atoms with Gasteiger partial charge in [0.2, 0.25) is 0 Å². The summed E-state index contributed by atoms with van der Waals surface area (Å²) in [6.45, 7) is 1.91. The lowest BCUT2D eigenvalue weighted by Crippen LogP contribution is -2.12. The maximum atomic E-state index is 12.5. The molecule has 0 amide bonds. The second kappa shape index (κ2) is 8.02. The van der Waals surface area contributed by atoms with Crippen molar-refractivity contribution >= 4 is 38.6 Å². The van der Waals surface area contributed by atoms with Crippen molar-refractivity contribution in [1.29, 1.82) is 0 Å². The third-order valence-corrected chi connectivity index (χ3v) is 6.31. The van der Waals surface area contributed by atoms with Crippen molar-refractivity contribution in [2.45, 2.75) is 11.8 Å². The molecule has 146 valence electrons. The Morgan fingerprint density at radius 2 is 1.62 bits per heavy atom. The first kappa shape index (κ1) is 19.1. The van der Waals surface area contributed by atoms with Crippen LogP contribution in [-0.2, 0) is 10.0 Å². The number of thiophene rings is 1. The van der Waals surface area contributed by atoms with Gasteiger partial charge in [-0.05, 0) is 54.8 Å². The van der Waals surface area contributed by atoms with Crippen LogP contribution in [0.1, 0.15) is 5.56 Å². The summed E-state index contributed by atoms with van der Waals surface area (Å²) in [5.41, 5.74) is 4.16. The lowest BCUT2D eigenvalue weighted by atomic mass is 10.2. The minimum atomic E-state index is -3.62. The van der Waals surface area contributed by atoms with Crippen molar-refractivity contribution in [3.8, 4) is 11.3 Å². The topological polar surface area (TPSA) is 84.0 Å². The molecule has 6 nitrogen and oxygen atoms in total. The van der Waals surface area contributed by atoms with Gasteiger partial charge < -0.3 is 5.32 Å². The van der Waals surface area contributed by atoms with Gasteiger partial charge in [-0.2, -0.15) is 11.3 Å². The second-order valence-corrected chi connectivity index (χ2v) is 8.88. The number of nitrogens with one attached hydrogen (secondary N) is 2. The van der Waals surface area contributed by atoms with E-state index in [1.807, 2.05) is 29.8 Å². The Balaban J connectivity index is 1.47. The van der Waals surface area contributed by atoms with Crippen LogP contribution in [0.5, 0.6) is 0 Å². The van der Waals surface area contributed by atoms with Crippen molar-refractivity contribution < 1.29 is 8.42 Å². The van der Waals surface area contributed by atoms with E-state index in [-0.39, 0.29) is 4.90 Å². The molecule has 0 spiro atoms. The number of rotatable bonds is 6. The van der Waals surface area contributed by atoms with E-state index in [9.17, 15) is 8.42 Å². The Morgan fingerprint density at radius 3 is 2.31 bits per heavy atom. The highest BCUT2D eigenvalue weighted by molar-refractivity contribution is 7.92. The quantitative estimate of drug-likeness (QED) is 0.454. The lowest BCUT2D eigenvalue weighted by Gasteiger charge is -2.10. The van der Waals surface area contributed by atoms with Crippen LogP contribution in [0.3, 0.4) is 0 Å². The van der Waals surface area contributed by atoms with Gasteiger partial charge in [0.15, 0.2) is 0 Å². The average molecular weight is 423 g/mol. The number of nitrogens with zero attached hydrogens (tertiary/aromatic N) is 2. The van der Waals surface area contributed by atoms with Crippen molar-refractivity contribution in [3.05, 3.63) is 83.3 Å². The van der Waals surface area contributed by atoms with Gasteiger partial charge in [-0.1, -0.05) is 17.7 Å². The molecule has 4 aromatic rings. The minimum absolute atomic E-state index is 0.229. The molecule has 0 saturated heterocycles. The Kier molecular flexibility index (Phi) is 5.28. The smallest absolute Gasteiger partial charge is 0.261 e. The van der Waals surface area contributed by atoms with Gasteiger partial charge in [-0.15, -0.1) is 0 Å². The molecule has 2 N–H and O–H groups in total. The van der Waals surface area contributed by atoms with Crippen LogP contribution in [0.15, 0.2) is 82.6 Å². The molecule has 0 saturated carbocycles. The van der Waals surface area contributed by atoms with Crippen LogP contribution < -0.4 is 10.0 Å². The van der Waals surface area contributed by atoms with Crippen LogP contribution in [0, 0.1) is 6.92 Å². The molecule has 0 aliphatic carbocycles. The molecule has 0 fully saturated rings. The zero-order chi connectivity index (χ0) is 20.3. The molecule has 2 aromatic heterocycles. The predicted molar refractivity (Wildman–Crippen MR) is 117 cm³/mol. The Labute approximate surface area is 173 Å². The molecular formula is C21H18N4O2S2. The zero-order valence-electron chi connectivity index (χ0n) is 15.5. The van der Waals surface area contributed by atoms with Crippen LogP contribution >= 0.6 is 11.3 Å². The van der Waals surface area contributed by atoms with Crippen LogP contribution in [0.2, 0.25) is 0 Å². The summed E-state index contributed by atoms with van der Waals surface area (Å²) in [5.74, 6) is 0.661. The third kappa shape index (κ3) is 4.61. The monoisotopic (exact) mass is 422 g/mol. The molecule has 0 unspecified atom stereocenters. The normalized spacial score (nSPS) is 11.2. The molecule has 0 atom stereocenters. The molecule has 4 rings (SSSR count). The predicted octanol–water partition coefficient (Wildman–Crippen LogP) is 5.06. The summed E-state index contributed by atoms with van der Waals surface area (Å²) >= 11 is 1.61. The van der Waals surface area contributed by atoms with Gasteiger partial charge in [-0.25, -0.2) is 18.4 Å². The number of hydrogen-bond acceptors (Lipinski definition) is 6. The first-order valence-corrected chi connectivity index (χ1v) is 11.2. The number of aryl methyl sites for hydroxylation is 1. The van der Waals surface area contributed by atoms with E-state index >= 15 is 0 Å². The van der Waals surface area contributed by atoms with E-state index in [1.54, 1.807) is 59.9 Å². The maximum absolute atomic E-state index is 12.5. The standard InChI is InChI=1S/C21H18N4O2S2/c1-15-2-8-19(9-3-15)29(26,27)25-18-6-4-17(5-7-18)24-21-12-20(22-14-23-21)16-10-11-28-13-16/h2-14,25H,1H3,(H,22,23,24). The van der Waals surface area contributed by atoms with Crippen LogP contribution in [0.25, 0.3) is 11.3 Å². The maximum Gasteiger partial charge on any atom is 0.261 e. The fraction of sp³-hybridized carbons (Fsp3) is 0.0476. The number of aromatic nitrogens is 2. The molecule has 29 heavy (non-hydrogen) atoms. The summed E-state index contributed by atoms with van der Waals surface area (Å²) < 4.78 is 27.6. The third-order valence-electron chi connectivity index (χ3n) is 4.22. The number of benzene rings is 2. The van der Waals surface area contributed by atoms with E-state index in [0.717, 1.165) is 22.5 Å². The first-order chi connectivity index (χ1) is 14.0. The highest BCUT2D eigenvalue weighted by Crippen LogP contribution is 2.24. The van der Waals surface area contributed by atoms with E-state index in [0.29, 0.717) is 11.5 Å². The van der Waals surface area contributed by atoms with E-state index in [2.05, 4.69) is 20.0 Å². The first-order valence-electron chi connectivity index (χ1n) is 8.81. The molecule has 2 aromatic carbocycles. The SMILES string of the molecule is Cc1ccc(S(=O)(=O)Nc2ccc(Nc3cc(-c4ccsc4)ncn3)cc2)cc1. The van der Waals surface area contributed by atoms with Gasteiger partial charge >= 0.3 is 0 Å². The number of hydrogen-bond donors (Lipinski definition) is 2.